The summed E-state index contributed by atoms with van der Waals surface area (Å²) in [5.41, 5.74) is 2.83. The van der Waals surface area contributed by atoms with Crippen molar-refractivity contribution in [1.82, 2.24) is 10.2 Å². The topological polar surface area (TPSA) is 39.7 Å². The van der Waals surface area contributed by atoms with Crippen LogP contribution in [0.15, 0.2) is 47.5 Å². The largest absolute Gasteiger partial charge is 0.371 e. The van der Waals surface area contributed by atoms with Gasteiger partial charge in [-0.25, -0.2) is 4.99 Å². The van der Waals surface area contributed by atoms with E-state index in [1.165, 1.54) is 5.56 Å². The van der Waals surface area contributed by atoms with Crippen molar-refractivity contribution < 1.29 is 0 Å². The van der Waals surface area contributed by atoms with E-state index in [1.54, 1.807) is 0 Å². The maximum Gasteiger partial charge on any atom is 0.128 e. The van der Waals surface area contributed by atoms with E-state index in [2.05, 4.69) is 46.8 Å². The molecule has 0 aromatic heterocycles. The fourth-order valence-electron chi connectivity index (χ4n) is 3.63. The molecule has 0 unspecified atom stereocenters. The van der Waals surface area contributed by atoms with Gasteiger partial charge in [-0.3, -0.25) is 0 Å². The Kier molecular flexibility index (Phi) is 4.82. The van der Waals surface area contributed by atoms with E-state index in [0.717, 1.165) is 49.7 Å². The Morgan fingerprint density at radius 1 is 1.12 bits per heavy atom. The Hall–Kier alpha value is -1.75. The molecule has 2 aliphatic heterocycles. The van der Waals surface area contributed by atoms with Crippen LogP contribution in [0, 0.1) is 0 Å². The summed E-state index contributed by atoms with van der Waals surface area (Å²) in [4.78, 5) is 7.30. The van der Waals surface area contributed by atoms with Gasteiger partial charge in [0.2, 0.25) is 0 Å². The molecule has 1 saturated heterocycles. The van der Waals surface area contributed by atoms with E-state index in [1.807, 2.05) is 18.2 Å². The van der Waals surface area contributed by atoms with Gasteiger partial charge in [-0.2, -0.15) is 0 Å². The highest BCUT2D eigenvalue weighted by molar-refractivity contribution is 6.42. The quantitative estimate of drug-likeness (QED) is 0.782. The third-order valence-electron chi connectivity index (χ3n) is 5.24. The second-order valence-corrected chi connectivity index (χ2v) is 7.91. The van der Waals surface area contributed by atoms with Gasteiger partial charge in [-0.1, -0.05) is 53.5 Å². The van der Waals surface area contributed by atoms with Crippen LogP contribution in [-0.4, -0.2) is 36.4 Å². The zero-order valence-electron chi connectivity index (χ0n) is 14.7. The molecule has 4 nitrogen and oxygen atoms in total. The lowest BCUT2D eigenvalue weighted by Gasteiger charge is -2.45. The number of anilines is 1. The van der Waals surface area contributed by atoms with Crippen LogP contribution in [-0.2, 0) is 6.54 Å². The summed E-state index contributed by atoms with van der Waals surface area (Å²) >= 11 is 12.4. The average molecular weight is 389 g/mol. The van der Waals surface area contributed by atoms with Crippen LogP contribution in [0.25, 0.3) is 0 Å². The van der Waals surface area contributed by atoms with E-state index in [-0.39, 0.29) is 5.54 Å². The van der Waals surface area contributed by atoms with E-state index < -0.39 is 0 Å². The second kappa shape index (κ2) is 7.10. The summed E-state index contributed by atoms with van der Waals surface area (Å²) < 4.78 is 0. The molecular formula is C20H22Cl2N4. The Balaban J connectivity index is 1.67. The molecule has 6 heteroatoms. The molecule has 1 spiro atoms. The van der Waals surface area contributed by atoms with Gasteiger partial charge in [-0.05, 0) is 37.6 Å². The highest BCUT2D eigenvalue weighted by atomic mass is 35.5. The zero-order chi connectivity index (χ0) is 18.1. The Bertz CT molecular complexity index is 827. The molecule has 26 heavy (non-hydrogen) atoms. The summed E-state index contributed by atoms with van der Waals surface area (Å²) in [5, 5.41) is 8.38. The number of rotatable bonds is 2. The van der Waals surface area contributed by atoms with Gasteiger partial charge in [0.1, 0.15) is 5.84 Å². The van der Waals surface area contributed by atoms with Gasteiger partial charge in [0.05, 0.1) is 27.0 Å². The molecule has 0 amide bonds. The first-order valence-corrected chi connectivity index (χ1v) is 9.64. The fraction of sp³-hybridized carbons (Fsp3) is 0.350. The van der Waals surface area contributed by atoms with E-state index >= 15 is 0 Å². The van der Waals surface area contributed by atoms with Crippen LogP contribution in [0.1, 0.15) is 18.4 Å². The maximum atomic E-state index is 6.23. The van der Waals surface area contributed by atoms with E-state index in [4.69, 9.17) is 28.2 Å². The summed E-state index contributed by atoms with van der Waals surface area (Å²) in [7, 11) is 2.16. The molecule has 2 aromatic carbocycles. The molecule has 2 heterocycles. The minimum atomic E-state index is -0.189. The van der Waals surface area contributed by atoms with Crippen molar-refractivity contribution in [2.24, 2.45) is 4.99 Å². The first-order valence-electron chi connectivity index (χ1n) is 8.88. The van der Waals surface area contributed by atoms with Gasteiger partial charge in [0.15, 0.2) is 0 Å². The number of piperidine rings is 1. The standard InChI is InChI=1S/C20H22Cl2N4/c1-26-9-7-20(8-10-26)19(23-13-14-5-3-2-4-6-14)24-17-11-15(21)16(22)12-18(17)25-20/h2-6,11-12,25H,7-10,13H2,1H3,(H,23,24). The highest BCUT2D eigenvalue weighted by Gasteiger charge is 2.41. The van der Waals surface area contributed by atoms with Crippen LogP contribution in [0.5, 0.6) is 0 Å². The Morgan fingerprint density at radius 2 is 1.81 bits per heavy atom. The lowest BCUT2D eigenvalue weighted by Crippen LogP contribution is -2.58. The summed E-state index contributed by atoms with van der Waals surface area (Å²) in [6.07, 6.45) is 1.98. The van der Waals surface area contributed by atoms with Gasteiger partial charge in [-0.15, -0.1) is 0 Å². The summed E-state index contributed by atoms with van der Waals surface area (Å²) in [6.45, 7) is 2.79. The van der Waals surface area contributed by atoms with Crippen LogP contribution in [0.2, 0.25) is 10.0 Å². The first-order chi connectivity index (χ1) is 12.6. The number of benzene rings is 2. The molecule has 4 rings (SSSR count). The van der Waals surface area contributed by atoms with Gasteiger partial charge in [0.25, 0.3) is 0 Å². The van der Waals surface area contributed by atoms with Crippen LogP contribution >= 0.6 is 23.2 Å². The first kappa shape index (κ1) is 17.7. The fourth-order valence-corrected chi connectivity index (χ4v) is 3.95. The van der Waals surface area contributed by atoms with Crippen LogP contribution in [0.3, 0.4) is 0 Å². The van der Waals surface area contributed by atoms with Crippen molar-refractivity contribution in [2.75, 3.05) is 25.5 Å². The van der Waals surface area contributed by atoms with Crippen LogP contribution < -0.4 is 10.6 Å². The third kappa shape index (κ3) is 3.41. The smallest absolute Gasteiger partial charge is 0.128 e. The molecule has 1 fully saturated rings. The number of aliphatic imine (C=N–C) groups is 1. The molecule has 0 radical (unpaired) electrons. The average Bonchev–Trinajstić information content (AvgIpc) is 2.65. The molecular weight excluding hydrogens is 367 g/mol. The summed E-state index contributed by atoms with van der Waals surface area (Å²) in [6, 6.07) is 14.1. The lowest BCUT2D eigenvalue weighted by atomic mass is 9.84. The van der Waals surface area contributed by atoms with Gasteiger partial charge >= 0.3 is 0 Å². The molecule has 136 valence electrons. The number of nitrogens with zero attached hydrogens (tertiary/aromatic N) is 2. The monoisotopic (exact) mass is 388 g/mol. The minimum Gasteiger partial charge on any atom is -0.371 e. The maximum absolute atomic E-state index is 6.23. The second-order valence-electron chi connectivity index (χ2n) is 7.09. The van der Waals surface area contributed by atoms with Crippen molar-refractivity contribution in [3.8, 4) is 0 Å². The lowest BCUT2D eigenvalue weighted by molar-refractivity contribution is 0.238. The van der Waals surface area contributed by atoms with E-state index in [9.17, 15) is 0 Å². The third-order valence-corrected chi connectivity index (χ3v) is 5.96. The summed E-state index contributed by atoms with van der Waals surface area (Å²) in [5.74, 6) is 0.986. The van der Waals surface area contributed by atoms with Crippen molar-refractivity contribution in [3.63, 3.8) is 0 Å². The molecule has 2 aromatic rings. The normalized spacial score (nSPS) is 18.8. The van der Waals surface area contributed by atoms with E-state index in [0.29, 0.717) is 10.0 Å². The molecule has 0 aliphatic carbocycles. The molecule has 2 aliphatic rings. The molecule has 0 bridgehead atoms. The van der Waals surface area contributed by atoms with Gasteiger partial charge < -0.3 is 15.5 Å². The number of hydrogen-bond acceptors (Lipinski definition) is 4. The molecule has 2 N–H and O–H groups in total. The Labute approximate surface area is 164 Å². The van der Waals surface area contributed by atoms with Crippen molar-refractivity contribution in [3.05, 3.63) is 58.1 Å². The van der Waals surface area contributed by atoms with Gasteiger partial charge in [0, 0.05) is 19.6 Å². The SMILES string of the molecule is CN1CCC2(CC1)Nc1cc(Cl)c(Cl)cc1N=C2NCc1ccccc1. The predicted octanol–water partition coefficient (Wildman–Crippen LogP) is 4.70. The van der Waals surface area contributed by atoms with Crippen LogP contribution in [0.4, 0.5) is 11.4 Å². The van der Waals surface area contributed by atoms with Crippen molar-refractivity contribution >= 4 is 40.4 Å². The van der Waals surface area contributed by atoms with Crippen molar-refractivity contribution in [2.45, 2.75) is 24.9 Å². The minimum absolute atomic E-state index is 0.189. The predicted molar refractivity (Wildman–Crippen MR) is 110 cm³/mol. The number of halogens is 2. The number of fused-ring (bicyclic) bond motifs is 1. The Morgan fingerprint density at radius 3 is 2.54 bits per heavy atom. The molecule has 0 saturated carbocycles. The molecule has 0 atom stereocenters. The number of amidine groups is 1. The number of hydrogen-bond donors (Lipinski definition) is 2. The number of likely N-dealkylation sites (tertiary alicyclic amines) is 1. The number of nitrogens with one attached hydrogen (secondary N) is 2. The highest BCUT2D eigenvalue weighted by Crippen LogP contribution is 2.41. The van der Waals surface area contributed by atoms with Crippen molar-refractivity contribution in [1.29, 1.82) is 0 Å². The zero-order valence-corrected chi connectivity index (χ0v) is 16.2.